The van der Waals surface area contributed by atoms with E-state index in [4.69, 9.17) is 9.47 Å². The number of hydrogen-bond donors (Lipinski definition) is 1. The highest BCUT2D eigenvalue weighted by atomic mass is 16.5. The summed E-state index contributed by atoms with van der Waals surface area (Å²) < 4.78 is 11.6. The molecular weight excluding hydrogens is 310 g/mol. The Morgan fingerprint density at radius 1 is 1.33 bits per heavy atom. The smallest absolute Gasteiger partial charge is 0.316 e. The number of aromatic amines is 1. The molecule has 1 amide bonds. The molecule has 3 atom stereocenters. The number of nitrogens with one attached hydrogen (secondary N) is 1. The van der Waals surface area contributed by atoms with Gasteiger partial charge >= 0.3 is 6.01 Å². The number of aromatic nitrogens is 4. The van der Waals surface area contributed by atoms with Gasteiger partial charge in [-0.05, 0) is 25.0 Å². The van der Waals surface area contributed by atoms with Crippen LogP contribution in [0.4, 0.5) is 0 Å². The number of nitrogens with zero attached hydrogens (tertiary/aromatic N) is 4. The summed E-state index contributed by atoms with van der Waals surface area (Å²) in [4.78, 5) is 22.7. The standard InChI is InChI=1S/C16H19N5O3/c22-15(12-4-7-19-20-12)21-8-9-23-14-11(2-3-13(14)21)10-24-16-17-5-1-6-18-16/h1,4-7,11,13-14H,2-3,8-10H2,(H,19,20)/t11-,13-,14+/m0/s1. The molecule has 2 fully saturated rings. The third kappa shape index (κ3) is 2.84. The molecule has 0 aromatic carbocycles. The monoisotopic (exact) mass is 329 g/mol. The average Bonchev–Trinajstić information content (AvgIpc) is 3.30. The maximum absolute atomic E-state index is 12.6. The number of rotatable bonds is 4. The maximum Gasteiger partial charge on any atom is 0.316 e. The first-order valence-corrected chi connectivity index (χ1v) is 8.14. The van der Waals surface area contributed by atoms with Crippen LogP contribution in [0.25, 0.3) is 0 Å². The van der Waals surface area contributed by atoms with Gasteiger partial charge in [-0.3, -0.25) is 9.89 Å². The van der Waals surface area contributed by atoms with Crippen molar-refractivity contribution in [2.24, 2.45) is 5.92 Å². The molecule has 24 heavy (non-hydrogen) atoms. The molecule has 1 saturated heterocycles. The Labute approximate surface area is 139 Å². The van der Waals surface area contributed by atoms with Gasteiger partial charge in [0.2, 0.25) is 0 Å². The molecule has 1 aliphatic carbocycles. The summed E-state index contributed by atoms with van der Waals surface area (Å²) in [6.45, 7) is 1.64. The van der Waals surface area contributed by atoms with Gasteiger partial charge in [0.05, 0.1) is 25.4 Å². The normalized spacial score (nSPS) is 26.2. The fraction of sp³-hybridized carbons (Fsp3) is 0.500. The van der Waals surface area contributed by atoms with E-state index in [9.17, 15) is 4.79 Å². The van der Waals surface area contributed by atoms with Crippen molar-refractivity contribution in [3.63, 3.8) is 0 Å². The van der Waals surface area contributed by atoms with Crippen molar-refractivity contribution in [2.45, 2.75) is 25.0 Å². The number of hydrogen-bond acceptors (Lipinski definition) is 6. The van der Waals surface area contributed by atoms with Gasteiger partial charge in [-0.2, -0.15) is 5.10 Å². The number of morpholine rings is 1. The summed E-state index contributed by atoms with van der Waals surface area (Å²) in [6, 6.07) is 3.92. The van der Waals surface area contributed by atoms with Gasteiger partial charge in [-0.1, -0.05) is 0 Å². The molecule has 1 N–H and O–H groups in total. The second-order valence-electron chi connectivity index (χ2n) is 6.05. The van der Waals surface area contributed by atoms with Crippen LogP contribution in [-0.4, -0.2) is 62.9 Å². The predicted octanol–water partition coefficient (Wildman–Crippen LogP) is 0.898. The van der Waals surface area contributed by atoms with Crippen molar-refractivity contribution in [3.05, 3.63) is 36.4 Å². The molecule has 2 aromatic rings. The molecule has 4 rings (SSSR count). The highest BCUT2D eigenvalue weighted by Gasteiger charge is 2.45. The molecule has 2 aromatic heterocycles. The lowest BCUT2D eigenvalue weighted by atomic mass is 10.0. The molecule has 8 nitrogen and oxygen atoms in total. The van der Waals surface area contributed by atoms with Crippen LogP contribution in [-0.2, 0) is 4.74 Å². The lowest BCUT2D eigenvalue weighted by Crippen LogP contribution is -2.53. The third-order valence-corrected chi connectivity index (χ3v) is 4.68. The van der Waals surface area contributed by atoms with E-state index in [1.54, 1.807) is 30.7 Å². The minimum absolute atomic E-state index is 0.00525. The molecule has 0 bridgehead atoms. The van der Waals surface area contributed by atoms with Crippen LogP contribution >= 0.6 is 0 Å². The quantitative estimate of drug-likeness (QED) is 0.896. The van der Waals surface area contributed by atoms with E-state index in [1.165, 1.54) is 0 Å². The highest BCUT2D eigenvalue weighted by Crippen LogP contribution is 2.35. The Hall–Kier alpha value is -2.48. The average molecular weight is 329 g/mol. The molecule has 0 unspecified atom stereocenters. The Bertz CT molecular complexity index is 678. The zero-order chi connectivity index (χ0) is 16.4. The molecule has 2 aliphatic rings. The van der Waals surface area contributed by atoms with Crippen LogP contribution in [0.5, 0.6) is 6.01 Å². The first-order chi connectivity index (χ1) is 11.8. The summed E-state index contributed by atoms with van der Waals surface area (Å²) in [5.41, 5.74) is 0.521. The lowest BCUT2D eigenvalue weighted by molar-refractivity contribution is -0.0684. The summed E-state index contributed by atoms with van der Waals surface area (Å²) in [5, 5.41) is 6.61. The van der Waals surface area contributed by atoms with Gasteiger partial charge in [0.25, 0.3) is 5.91 Å². The molecule has 0 radical (unpaired) electrons. The Kier molecular flexibility index (Phi) is 4.12. The second kappa shape index (κ2) is 6.56. The van der Waals surface area contributed by atoms with E-state index in [0.29, 0.717) is 31.5 Å². The number of carbonyl (C=O) groups excluding carboxylic acids is 1. The fourth-order valence-electron chi connectivity index (χ4n) is 3.56. The zero-order valence-corrected chi connectivity index (χ0v) is 13.2. The number of carbonyl (C=O) groups is 1. The van der Waals surface area contributed by atoms with Crippen molar-refractivity contribution in [3.8, 4) is 6.01 Å². The van der Waals surface area contributed by atoms with Crippen LogP contribution in [0.15, 0.2) is 30.7 Å². The van der Waals surface area contributed by atoms with Crippen LogP contribution < -0.4 is 4.74 Å². The Morgan fingerprint density at radius 2 is 2.21 bits per heavy atom. The summed E-state index contributed by atoms with van der Waals surface area (Å²) in [6.07, 6.45) is 6.76. The highest BCUT2D eigenvalue weighted by molar-refractivity contribution is 5.92. The lowest BCUT2D eigenvalue weighted by Gasteiger charge is -2.39. The van der Waals surface area contributed by atoms with Crippen molar-refractivity contribution in [1.29, 1.82) is 0 Å². The minimum atomic E-state index is -0.0150. The third-order valence-electron chi connectivity index (χ3n) is 4.68. The van der Waals surface area contributed by atoms with Gasteiger partial charge in [0, 0.05) is 31.1 Å². The van der Waals surface area contributed by atoms with Crippen molar-refractivity contribution >= 4 is 5.91 Å². The van der Waals surface area contributed by atoms with Crippen molar-refractivity contribution in [2.75, 3.05) is 19.8 Å². The van der Waals surface area contributed by atoms with Gasteiger partial charge in [0.1, 0.15) is 5.69 Å². The fourth-order valence-corrected chi connectivity index (χ4v) is 3.56. The summed E-state index contributed by atoms with van der Waals surface area (Å²) >= 11 is 0. The molecule has 8 heteroatoms. The molecular formula is C16H19N5O3. The number of ether oxygens (including phenoxy) is 2. The van der Waals surface area contributed by atoms with E-state index < -0.39 is 0 Å². The maximum atomic E-state index is 12.6. The van der Waals surface area contributed by atoms with Crippen LogP contribution in [0.1, 0.15) is 23.3 Å². The first kappa shape index (κ1) is 15.1. The van der Waals surface area contributed by atoms with E-state index in [1.807, 2.05) is 4.90 Å². The SMILES string of the molecule is O=C(c1ccn[nH]1)N1CCO[C@@H]2[C@H](COc3ncccn3)CC[C@@H]21. The van der Waals surface area contributed by atoms with E-state index in [-0.39, 0.29) is 24.0 Å². The van der Waals surface area contributed by atoms with Gasteiger partial charge in [-0.25, -0.2) is 9.97 Å². The summed E-state index contributed by atoms with van der Waals surface area (Å²) in [5.74, 6) is 0.218. The van der Waals surface area contributed by atoms with Crippen LogP contribution in [0.2, 0.25) is 0 Å². The summed E-state index contributed by atoms with van der Waals surface area (Å²) in [7, 11) is 0. The molecule has 1 aliphatic heterocycles. The molecule has 0 spiro atoms. The second-order valence-corrected chi connectivity index (χ2v) is 6.05. The first-order valence-electron chi connectivity index (χ1n) is 8.14. The number of amides is 1. The van der Waals surface area contributed by atoms with Crippen LogP contribution in [0, 0.1) is 5.92 Å². The Morgan fingerprint density at radius 3 is 3.00 bits per heavy atom. The van der Waals surface area contributed by atoms with Crippen LogP contribution in [0.3, 0.4) is 0 Å². The van der Waals surface area contributed by atoms with E-state index in [0.717, 1.165) is 12.8 Å². The van der Waals surface area contributed by atoms with E-state index in [2.05, 4.69) is 20.2 Å². The van der Waals surface area contributed by atoms with Gasteiger partial charge in [0.15, 0.2) is 0 Å². The minimum Gasteiger partial charge on any atom is -0.463 e. The number of H-pyrrole nitrogens is 1. The number of fused-ring (bicyclic) bond motifs is 1. The molecule has 1 saturated carbocycles. The molecule has 126 valence electrons. The topological polar surface area (TPSA) is 93.2 Å². The van der Waals surface area contributed by atoms with Crippen molar-refractivity contribution in [1.82, 2.24) is 25.1 Å². The van der Waals surface area contributed by atoms with Crippen molar-refractivity contribution < 1.29 is 14.3 Å². The Balaban J connectivity index is 1.42. The molecule has 3 heterocycles. The van der Waals surface area contributed by atoms with Gasteiger partial charge < -0.3 is 14.4 Å². The van der Waals surface area contributed by atoms with E-state index >= 15 is 0 Å². The largest absolute Gasteiger partial charge is 0.463 e. The zero-order valence-electron chi connectivity index (χ0n) is 13.2. The predicted molar refractivity (Wildman–Crippen MR) is 83.4 cm³/mol. The van der Waals surface area contributed by atoms with Gasteiger partial charge in [-0.15, -0.1) is 0 Å².